The van der Waals surface area contributed by atoms with Crippen molar-refractivity contribution in [2.45, 2.75) is 6.92 Å². The van der Waals surface area contributed by atoms with Crippen LogP contribution in [-0.4, -0.2) is 26.0 Å². The van der Waals surface area contributed by atoms with Crippen LogP contribution in [0.5, 0.6) is 17.2 Å². The minimum Gasteiger partial charge on any atom is -0.493 e. The monoisotopic (exact) mass is 326 g/mol. The Morgan fingerprint density at radius 1 is 1.04 bits per heavy atom. The van der Waals surface area contributed by atoms with Gasteiger partial charge in [0, 0.05) is 11.6 Å². The smallest absolute Gasteiger partial charge is 0.336 e. The maximum absolute atomic E-state index is 11.8. The fraction of sp³-hybridized carbons (Fsp3) is 0.158. The molecule has 2 aromatic carbocycles. The van der Waals surface area contributed by atoms with Crippen molar-refractivity contribution in [3.8, 4) is 17.2 Å². The summed E-state index contributed by atoms with van der Waals surface area (Å²) >= 11 is 0. The van der Waals surface area contributed by atoms with Crippen molar-refractivity contribution in [2.24, 2.45) is 0 Å². The first-order valence-electron chi connectivity index (χ1n) is 7.42. The summed E-state index contributed by atoms with van der Waals surface area (Å²) in [5, 5.41) is 0. The zero-order valence-corrected chi connectivity index (χ0v) is 13.5. The van der Waals surface area contributed by atoms with E-state index in [4.69, 9.17) is 14.2 Å². The molecule has 2 aromatic rings. The van der Waals surface area contributed by atoms with Gasteiger partial charge in [0.25, 0.3) is 0 Å². The summed E-state index contributed by atoms with van der Waals surface area (Å²) in [4.78, 5) is 22.4. The molecule has 0 radical (unpaired) electrons. The van der Waals surface area contributed by atoms with Crippen molar-refractivity contribution in [3.05, 3.63) is 59.7 Å². The summed E-state index contributed by atoms with van der Waals surface area (Å²) in [6.07, 6.45) is 3.67. The predicted molar refractivity (Wildman–Crippen MR) is 90.7 cm³/mol. The van der Waals surface area contributed by atoms with E-state index in [1.807, 2.05) is 13.0 Å². The number of rotatable bonds is 7. The van der Waals surface area contributed by atoms with E-state index < -0.39 is 5.97 Å². The molecular weight excluding hydrogens is 308 g/mol. The summed E-state index contributed by atoms with van der Waals surface area (Å²) in [6, 6.07) is 11.7. The number of aldehydes is 1. The average molecular weight is 326 g/mol. The Balaban J connectivity index is 2.03. The number of methoxy groups -OCH3 is 1. The zero-order valence-electron chi connectivity index (χ0n) is 13.5. The normalized spacial score (nSPS) is 10.4. The summed E-state index contributed by atoms with van der Waals surface area (Å²) in [5.41, 5.74) is 1.30. The van der Waals surface area contributed by atoms with Crippen LogP contribution in [0.15, 0.2) is 48.5 Å². The SMILES string of the molecule is CCOc1ccc(/C=C/C(=O)Oc2ccc(C=O)cc2)cc1OC. The van der Waals surface area contributed by atoms with E-state index >= 15 is 0 Å². The highest BCUT2D eigenvalue weighted by Gasteiger charge is 2.05. The van der Waals surface area contributed by atoms with Gasteiger partial charge in [-0.2, -0.15) is 0 Å². The van der Waals surface area contributed by atoms with Gasteiger partial charge in [-0.25, -0.2) is 4.79 Å². The van der Waals surface area contributed by atoms with Crippen molar-refractivity contribution < 1.29 is 23.8 Å². The van der Waals surface area contributed by atoms with E-state index in [1.54, 1.807) is 49.6 Å². The fourth-order valence-electron chi connectivity index (χ4n) is 1.99. The third-order valence-corrected chi connectivity index (χ3v) is 3.13. The van der Waals surface area contributed by atoms with E-state index in [2.05, 4.69) is 0 Å². The van der Waals surface area contributed by atoms with Crippen molar-refractivity contribution >= 4 is 18.3 Å². The van der Waals surface area contributed by atoms with Crippen LogP contribution >= 0.6 is 0 Å². The quantitative estimate of drug-likeness (QED) is 0.337. The van der Waals surface area contributed by atoms with Gasteiger partial charge in [0.1, 0.15) is 12.0 Å². The highest BCUT2D eigenvalue weighted by molar-refractivity contribution is 5.89. The number of esters is 1. The molecule has 124 valence electrons. The maximum Gasteiger partial charge on any atom is 0.336 e. The first kappa shape index (κ1) is 17.3. The Kier molecular flexibility index (Phi) is 6.14. The molecule has 0 bridgehead atoms. The van der Waals surface area contributed by atoms with E-state index in [-0.39, 0.29) is 0 Å². The molecule has 0 fully saturated rings. The van der Waals surface area contributed by atoms with Gasteiger partial charge in [-0.15, -0.1) is 0 Å². The van der Waals surface area contributed by atoms with Crippen molar-refractivity contribution in [3.63, 3.8) is 0 Å². The van der Waals surface area contributed by atoms with Crippen LogP contribution in [0.3, 0.4) is 0 Å². The first-order chi connectivity index (χ1) is 11.7. The van der Waals surface area contributed by atoms with Gasteiger partial charge in [-0.05, 0) is 55.0 Å². The molecule has 0 aliphatic carbocycles. The molecule has 0 amide bonds. The minimum atomic E-state index is -0.512. The van der Waals surface area contributed by atoms with Crippen LogP contribution in [-0.2, 0) is 4.79 Å². The van der Waals surface area contributed by atoms with Gasteiger partial charge in [0.05, 0.1) is 13.7 Å². The number of ether oxygens (including phenoxy) is 3. The Labute approximate surface area is 140 Å². The second-order valence-corrected chi connectivity index (χ2v) is 4.78. The molecule has 0 saturated carbocycles. The molecule has 0 N–H and O–H groups in total. The van der Waals surface area contributed by atoms with Gasteiger partial charge < -0.3 is 14.2 Å². The molecule has 0 saturated heterocycles. The Morgan fingerprint density at radius 3 is 2.38 bits per heavy atom. The standard InChI is InChI=1S/C19H18O5/c1-3-23-17-10-6-14(12-18(17)22-2)7-11-19(21)24-16-8-4-15(13-20)5-9-16/h4-13H,3H2,1-2H3/b11-7+. The highest BCUT2D eigenvalue weighted by atomic mass is 16.5. The Bertz CT molecular complexity index is 732. The Morgan fingerprint density at radius 2 is 1.75 bits per heavy atom. The molecule has 0 heterocycles. The third-order valence-electron chi connectivity index (χ3n) is 3.13. The lowest BCUT2D eigenvalue weighted by molar-refractivity contribution is -0.128. The number of hydrogen-bond acceptors (Lipinski definition) is 5. The summed E-state index contributed by atoms with van der Waals surface area (Å²) in [5.74, 6) is 1.10. The number of carbonyl (C=O) groups excluding carboxylic acids is 2. The summed E-state index contributed by atoms with van der Waals surface area (Å²) in [6.45, 7) is 2.44. The van der Waals surface area contributed by atoms with Gasteiger partial charge in [0.15, 0.2) is 11.5 Å². The number of carbonyl (C=O) groups is 2. The molecule has 5 heteroatoms. The summed E-state index contributed by atoms with van der Waals surface area (Å²) < 4.78 is 15.9. The van der Waals surface area contributed by atoms with E-state index in [1.165, 1.54) is 6.08 Å². The van der Waals surface area contributed by atoms with Crippen molar-refractivity contribution in [1.82, 2.24) is 0 Å². The second-order valence-electron chi connectivity index (χ2n) is 4.78. The van der Waals surface area contributed by atoms with Crippen LogP contribution in [0.4, 0.5) is 0 Å². The van der Waals surface area contributed by atoms with E-state index in [0.717, 1.165) is 11.8 Å². The average Bonchev–Trinajstić information content (AvgIpc) is 2.61. The minimum absolute atomic E-state index is 0.375. The van der Waals surface area contributed by atoms with Gasteiger partial charge >= 0.3 is 5.97 Å². The largest absolute Gasteiger partial charge is 0.493 e. The molecule has 24 heavy (non-hydrogen) atoms. The third kappa shape index (κ3) is 4.71. The predicted octanol–water partition coefficient (Wildman–Crippen LogP) is 3.53. The first-order valence-corrected chi connectivity index (χ1v) is 7.42. The van der Waals surface area contributed by atoms with Gasteiger partial charge in [-0.1, -0.05) is 6.07 Å². The summed E-state index contributed by atoms with van der Waals surface area (Å²) in [7, 11) is 1.56. The topological polar surface area (TPSA) is 61.8 Å². The van der Waals surface area contributed by atoms with Crippen LogP contribution in [0.25, 0.3) is 6.08 Å². The maximum atomic E-state index is 11.8. The van der Waals surface area contributed by atoms with E-state index in [0.29, 0.717) is 29.4 Å². The van der Waals surface area contributed by atoms with Gasteiger partial charge in [-0.3, -0.25) is 4.79 Å². The van der Waals surface area contributed by atoms with Crippen LogP contribution < -0.4 is 14.2 Å². The molecule has 2 rings (SSSR count). The molecule has 0 aliphatic heterocycles. The number of benzene rings is 2. The highest BCUT2D eigenvalue weighted by Crippen LogP contribution is 2.28. The van der Waals surface area contributed by atoms with Crippen molar-refractivity contribution in [1.29, 1.82) is 0 Å². The molecule has 0 aliphatic rings. The molecule has 0 unspecified atom stereocenters. The fourth-order valence-corrected chi connectivity index (χ4v) is 1.99. The lowest BCUT2D eigenvalue weighted by Gasteiger charge is -2.09. The molecule has 5 nitrogen and oxygen atoms in total. The molecular formula is C19H18O5. The second kappa shape index (κ2) is 8.53. The lowest BCUT2D eigenvalue weighted by atomic mass is 10.2. The molecule has 0 spiro atoms. The van der Waals surface area contributed by atoms with Crippen LogP contribution in [0, 0.1) is 0 Å². The molecule has 0 atom stereocenters. The molecule has 0 aromatic heterocycles. The number of hydrogen-bond donors (Lipinski definition) is 0. The van der Waals surface area contributed by atoms with Crippen molar-refractivity contribution in [2.75, 3.05) is 13.7 Å². The lowest BCUT2D eigenvalue weighted by Crippen LogP contribution is -2.03. The zero-order chi connectivity index (χ0) is 17.4. The van der Waals surface area contributed by atoms with Gasteiger partial charge in [0.2, 0.25) is 0 Å². The van der Waals surface area contributed by atoms with E-state index in [9.17, 15) is 9.59 Å². The Hall–Kier alpha value is -3.08. The van der Waals surface area contributed by atoms with Crippen LogP contribution in [0.2, 0.25) is 0 Å². The van der Waals surface area contributed by atoms with Crippen LogP contribution in [0.1, 0.15) is 22.8 Å².